The van der Waals surface area contributed by atoms with Crippen molar-refractivity contribution in [3.8, 4) is 11.3 Å². The van der Waals surface area contributed by atoms with Crippen molar-refractivity contribution in [2.45, 2.75) is 18.8 Å². The number of aromatic nitrogens is 6. The van der Waals surface area contributed by atoms with E-state index in [1.54, 1.807) is 30.9 Å². The maximum absolute atomic E-state index is 13.4. The van der Waals surface area contributed by atoms with Crippen molar-refractivity contribution in [3.63, 3.8) is 0 Å². The summed E-state index contributed by atoms with van der Waals surface area (Å²) in [6.07, 6.45) is 7.03. The summed E-state index contributed by atoms with van der Waals surface area (Å²) in [6.45, 7) is 1.75. The second-order valence-corrected chi connectivity index (χ2v) is 7.31. The summed E-state index contributed by atoms with van der Waals surface area (Å²) in [6, 6.07) is 4.68. The Bertz CT molecular complexity index is 1130. The van der Waals surface area contributed by atoms with Crippen molar-refractivity contribution in [2.24, 2.45) is 0 Å². The van der Waals surface area contributed by atoms with Gasteiger partial charge in [-0.05, 0) is 31.0 Å². The summed E-state index contributed by atoms with van der Waals surface area (Å²) in [5.41, 5.74) is 2.42. The molecule has 29 heavy (non-hydrogen) atoms. The molecule has 0 bridgehead atoms. The van der Waals surface area contributed by atoms with Crippen LogP contribution in [0.4, 0.5) is 10.2 Å². The van der Waals surface area contributed by atoms with Crippen LogP contribution in [-0.2, 0) is 0 Å². The molecule has 0 aliphatic carbocycles. The van der Waals surface area contributed by atoms with E-state index >= 15 is 0 Å². The Hall–Kier alpha value is -2.71. The van der Waals surface area contributed by atoms with Crippen LogP contribution < -0.4 is 4.90 Å². The minimum Gasteiger partial charge on any atom is -0.356 e. The van der Waals surface area contributed by atoms with Gasteiger partial charge in [-0.1, -0.05) is 11.6 Å². The average Bonchev–Trinajstić information content (AvgIpc) is 3.39. The van der Waals surface area contributed by atoms with Crippen molar-refractivity contribution in [2.75, 3.05) is 18.0 Å². The summed E-state index contributed by atoms with van der Waals surface area (Å²) in [4.78, 5) is 18.8. The zero-order valence-corrected chi connectivity index (χ0v) is 16.8. The highest BCUT2D eigenvalue weighted by atomic mass is 35.5. The van der Waals surface area contributed by atoms with Crippen molar-refractivity contribution in [3.05, 3.63) is 53.6 Å². The van der Waals surface area contributed by atoms with Gasteiger partial charge in [0.1, 0.15) is 23.8 Å². The zero-order chi connectivity index (χ0) is 19.1. The van der Waals surface area contributed by atoms with Gasteiger partial charge >= 0.3 is 0 Å². The van der Waals surface area contributed by atoms with Crippen LogP contribution in [0.25, 0.3) is 22.3 Å². The Balaban J connectivity index is 0.00000205. The van der Waals surface area contributed by atoms with Gasteiger partial charge in [0, 0.05) is 24.6 Å². The van der Waals surface area contributed by atoms with Gasteiger partial charge in [-0.3, -0.25) is 5.10 Å². The van der Waals surface area contributed by atoms with Gasteiger partial charge < -0.3 is 9.88 Å². The fourth-order valence-corrected chi connectivity index (χ4v) is 3.90. The molecule has 0 unspecified atom stereocenters. The normalized spacial score (nSPS) is 14.9. The molecular formula is C19H18Cl2FN7. The van der Waals surface area contributed by atoms with Crippen molar-refractivity contribution in [1.29, 1.82) is 0 Å². The van der Waals surface area contributed by atoms with Gasteiger partial charge in [0.25, 0.3) is 0 Å². The highest BCUT2D eigenvalue weighted by molar-refractivity contribution is 6.31. The second kappa shape index (κ2) is 7.96. The quantitative estimate of drug-likeness (QED) is 0.501. The van der Waals surface area contributed by atoms with Crippen LogP contribution in [0.2, 0.25) is 5.02 Å². The van der Waals surface area contributed by atoms with Crippen LogP contribution in [0.1, 0.15) is 24.6 Å². The van der Waals surface area contributed by atoms with Crippen LogP contribution >= 0.6 is 24.0 Å². The Morgan fingerprint density at radius 3 is 2.72 bits per heavy atom. The molecule has 1 saturated heterocycles. The van der Waals surface area contributed by atoms with Crippen LogP contribution in [0, 0.1) is 5.82 Å². The molecule has 7 nitrogen and oxygen atoms in total. The topological polar surface area (TPSA) is 86.4 Å². The van der Waals surface area contributed by atoms with Crippen LogP contribution in [0.15, 0.2) is 36.9 Å². The van der Waals surface area contributed by atoms with Crippen LogP contribution in [0.5, 0.6) is 0 Å². The van der Waals surface area contributed by atoms with Gasteiger partial charge in [-0.15, -0.1) is 12.4 Å². The van der Waals surface area contributed by atoms with Crippen molar-refractivity contribution < 1.29 is 4.39 Å². The molecule has 0 amide bonds. The second-order valence-electron chi connectivity index (χ2n) is 6.90. The first-order valence-electron chi connectivity index (χ1n) is 9.08. The number of imidazole rings is 1. The first-order chi connectivity index (χ1) is 13.7. The van der Waals surface area contributed by atoms with Crippen molar-refractivity contribution >= 4 is 40.9 Å². The van der Waals surface area contributed by atoms with E-state index in [0.717, 1.165) is 59.9 Å². The number of aromatic amines is 2. The first kappa shape index (κ1) is 19.6. The number of H-pyrrole nitrogens is 2. The van der Waals surface area contributed by atoms with Crippen LogP contribution in [-0.4, -0.2) is 43.2 Å². The van der Waals surface area contributed by atoms with E-state index in [-0.39, 0.29) is 17.4 Å². The largest absolute Gasteiger partial charge is 0.356 e. The lowest BCUT2D eigenvalue weighted by molar-refractivity contribution is 0.487. The molecule has 4 aromatic rings. The zero-order valence-electron chi connectivity index (χ0n) is 15.3. The van der Waals surface area contributed by atoms with Gasteiger partial charge in [0.05, 0.1) is 28.5 Å². The predicted molar refractivity (Wildman–Crippen MR) is 112 cm³/mol. The summed E-state index contributed by atoms with van der Waals surface area (Å²) in [5, 5.41) is 7.99. The number of fused-ring (bicyclic) bond motifs is 1. The summed E-state index contributed by atoms with van der Waals surface area (Å²) in [7, 11) is 0. The number of piperidine rings is 1. The van der Waals surface area contributed by atoms with E-state index in [1.807, 2.05) is 0 Å². The lowest BCUT2D eigenvalue weighted by atomic mass is 9.96. The summed E-state index contributed by atoms with van der Waals surface area (Å²) < 4.78 is 13.4. The fraction of sp³-hybridized carbons (Fsp3) is 0.263. The standard InChI is InChI=1S/C19H17ClFN7.ClH/c20-14-7-12(1-2-15(14)21)16-9-22-17(26-16)11-3-5-28(6-4-11)19-13-8-25-27-18(13)23-10-24-19;/h1-2,7-11H,3-6H2,(H,22,26)(H,23,24,25,27);1H. The number of hydrogen-bond acceptors (Lipinski definition) is 5. The molecule has 150 valence electrons. The number of rotatable bonds is 3. The van der Waals surface area contributed by atoms with Gasteiger partial charge in [-0.25, -0.2) is 19.3 Å². The monoisotopic (exact) mass is 433 g/mol. The van der Waals surface area contributed by atoms with E-state index < -0.39 is 5.82 Å². The SMILES string of the molecule is Cl.Fc1ccc(-c2cnc(C3CCN(c4ncnc5[nH]ncc45)CC3)[nH]2)cc1Cl. The molecule has 0 atom stereocenters. The van der Waals surface area contributed by atoms with E-state index in [9.17, 15) is 4.39 Å². The highest BCUT2D eigenvalue weighted by Gasteiger charge is 2.25. The number of anilines is 1. The van der Waals surface area contributed by atoms with Gasteiger partial charge in [0.2, 0.25) is 0 Å². The van der Waals surface area contributed by atoms with Gasteiger partial charge in [-0.2, -0.15) is 5.10 Å². The molecule has 1 aliphatic rings. The minimum atomic E-state index is -0.422. The lowest BCUT2D eigenvalue weighted by Crippen LogP contribution is -2.33. The number of nitrogens with one attached hydrogen (secondary N) is 2. The van der Waals surface area contributed by atoms with Gasteiger partial charge in [0.15, 0.2) is 5.65 Å². The maximum atomic E-state index is 13.4. The number of hydrogen-bond donors (Lipinski definition) is 2. The molecular weight excluding hydrogens is 416 g/mol. The lowest BCUT2D eigenvalue weighted by Gasteiger charge is -2.32. The highest BCUT2D eigenvalue weighted by Crippen LogP contribution is 2.32. The van der Waals surface area contributed by atoms with E-state index in [4.69, 9.17) is 11.6 Å². The molecule has 4 heterocycles. The first-order valence-corrected chi connectivity index (χ1v) is 9.46. The third kappa shape index (κ3) is 3.65. The van der Waals surface area contributed by atoms with E-state index in [0.29, 0.717) is 5.92 Å². The molecule has 3 aromatic heterocycles. The van der Waals surface area contributed by atoms with E-state index in [1.165, 1.54) is 6.07 Å². The molecule has 2 N–H and O–H groups in total. The number of nitrogens with zero attached hydrogens (tertiary/aromatic N) is 5. The minimum absolute atomic E-state index is 0. The molecule has 0 spiro atoms. The molecule has 1 aliphatic heterocycles. The third-order valence-electron chi connectivity index (χ3n) is 5.23. The fourth-order valence-electron chi connectivity index (χ4n) is 3.72. The number of benzene rings is 1. The van der Waals surface area contributed by atoms with Crippen molar-refractivity contribution in [1.82, 2.24) is 30.1 Å². The molecule has 1 aromatic carbocycles. The Labute approximate surface area is 177 Å². The Morgan fingerprint density at radius 2 is 1.93 bits per heavy atom. The molecule has 1 fully saturated rings. The average molecular weight is 434 g/mol. The Kier molecular flexibility index (Phi) is 5.38. The number of halogens is 3. The smallest absolute Gasteiger partial charge is 0.160 e. The molecule has 0 radical (unpaired) electrons. The molecule has 5 rings (SSSR count). The third-order valence-corrected chi connectivity index (χ3v) is 5.52. The summed E-state index contributed by atoms with van der Waals surface area (Å²) in [5.74, 6) is 1.78. The summed E-state index contributed by atoms with van der Waals surface area (Å²) >= 11 is 5.89. The molecule has 10 heteroatoms. The van der Waals surface area contributed by atoms with E-state index in [2.05, 4.69) is 35.0 Å². The maximum Gasteiger partial charge on any atom is 0.160 e. The Morgan fingerprint density at radius 1 is 1.10 bits per heavy atom. The van der Waals surface area contributed by atoms with Crippen LogP contribution in [0.3, 0.4) is 0 Å². The predicted octanol–water partition coefficient (Wildman–Crippen LogP) is 4.34. The molecule has 0 saturated carbocycles.